The molecule has 0 amide bonds. The Balaban J connectivity index is 2.08. The number of hydrogen-bond donors (Lipinski definition) is 1. The first-order valence-electron chi connectivity index (χ1n) is 6.00. The van der Waals surface area contributed by atoms with Crippen LogP contribution in [0.2, 0.25) is 0 Å². The zero-order valence-electron chi connectivity index (χ0n) is 10.6. The Bertz CT molecular complexity index is 359. The second-order valence-electron chi connectivity index (χ2n) is 4.91. The molecule has 0 spiro atoms. The van der Waals surface area contributed by atoms with Gasteiger partial charge in [-0.3, -0.25) is 0 Å². The van der Waals surface area contributed by atoms with E-state index in [2.05, 4.69) is 5.32 Å². The Morgan fingerprint density at radius 1 is 1.24 bits per heavy atom. The van der Waals surface area contributed by atoms with Crippen LogP contribution in [0.4, 0.5) is 0 Å². The zero-order chi connectivity index (χ0) is 12.6. The Morgan fingerprint density at radius 2 is 1.76 bits per heavy atom. The van der Waals surface area contributed by atoms with E-state index in [4.69, 9.17) is 4.74 Å². The van der Waals surface area contributed by atoms with Gasteiger partial charge in [-0.2, -0.15) is 17.0 Å². The van der Waals surface area contributed by atoms with E-state index in [-0.39, 0.29) is 18.2 Å². The lowest BCUT2D eigenvalue weighted by Gasteiger charge is -2.40. The molecule has 0 aromatic carbocycles. The summed E-state index contributed by atoms with van der Waals surface area (Å²) in [4.78, 5) is 0. The standard InChI is InChI=1S/C10H21N3O3S/c1-8-6-13(7-9(2)16-8)17(14,15)12(3)10-4-11-5-10/h8-11H,4-7H2,1-3H3. The van der Waals surface area contributed by atoms with Gasteiger partial charge in [0.15, 0.2) is 0 Å². The maximum absolute atomic E-state index is 12.4. The Labute approximate surface area is 103 Å². The highest BCUT2D eigenvalue weighted by molar-refractivity contribution is 7.86. The van der Waals surface area contributed by atoms with E-state index in [1.165, 1.54) is 8.61 Å². The van der Waals surface area contributed by atoms with Crippen LogP contribution in [-0.2, 0) is 14.9 Å². The molecule has 6 nitrogen and oxygen atoms in total. The van der Waals surface area contributed by atoms with Crippen LogP contribution in [0.25, 0.3) is 0 Å². The second-order valence-corrected chi connectivity index (χ2v) is 6.90. The van der Waals surface area contributed by atoms with Crippen molar-refractivity contribution in [2.75, 3.05) is 33.2 Å². The van der Waals surface area contributed by atoms with Crippen molar-refractivity contribution < 1.29 is 13.2 Å². The van der Waals surface area contributed by atoms with Crippen LogP contribution in [0.15, 0.2) is 0 Å². The molecule has 0 aliphatic carbocycles. The van der Waals surface area contributed by atoms with Gasteiger partial charge in [0.25, 0.3) is 10.2 Å². The summed E-state index contributed by atoms with van der Waals surface area (Å²) in [6, 6.07) is 0.0912. The summed E-state index contributed by atoms with van der Waals surface area (Å²) in [7, 11) is -1.68. The summed E-state index contributed by atoms with van der Waals surface area (Å²) in [6.45, 7) is 6.18. The van der Waals surface area contributed by atoms with Crippen molar-refractivity contribution in [1.29, 1.82) is 0 Å². The molecule has 2 fully saturated rings. The monoisotopic (exact) mass is 263 g/mol. The highest BCUT2D eigenvalue weighted by Gasteiger charge is 2.38. The van der Waals surface area contributed by atoms with Crippen LogP contribution in [0.5, 0.6) is 0 Å². The molecule has 2 aliphatic heterocycles. The SMILES string of the molecule is CC1CN(S(=O)(=O)N(C)C2CNC2)CC(C)O1. The van der Waals surface area contributed by atoms with Gasteiger partial charge in [-0.25, -0.2) is 0 Å². The van der Waals surface area contributed by atoms with Gasteiger partial charge in [0.2, 0.25) is 0 Å². The van der Waals surface area contributed by atoms with Crippen molar-refractivity contribution in [3.05, 3.63) is 0 Å². The minimum atomic E-state index is -3.34. The normalized spacial score (nSPS) is 32.7. The summed E-state index contributed by atoms with van der Waals surface area (Å²) >= 11 is 0. The second kappa shape index (κ2) is 4.81. The third-order valence-corrected chi connectivity index (χ3v) is 5.33. The molecule has 2 rings (SSSR count). The first-order chi connectivity index (χ1) is 7.91. The average molecular weight is 263 g/mol. The molecule has 2 unspecified atom stereocenters. The van der Waals surface area contributed by atoms with Gasteiger partial charge in [0.05, 0.1) is 18.2 Å². The van der Waals surface area contributed by atoms with Gasteiger partial charge in [0.1, 0.15) is 0 Å². The average Bonchev–Trinajstić information content (AvgIpc) is 2.13. The molecule has 0 aromatic rings. The Hall–Kier alpha value is -0.210. The van der Waals surface area contributed by atoms with Gasteiger partial charge in [-0.05, 0) is 13.8 Å². The number of likely N-dealkylation sites (N-methyl/N-ethyl adjacent to an activating group) is 1. The number of morpholine rings is 1. The van der Waals surface area contributed by atoms with Gasteiger partial charge in [-0.15, -0.1) is 0 Å². The highest BCUT2D eigenvalue weighted by atomic mass is 32.2. The largest absolute Gasteiger partial charge is 0.373 e. The van der Waals surface area contributed by atoms with Crippen molar-refractivity contribution >= 4 is 10.2 Å². The fourth-order valence-electron chi connectivity index (χ4n) is 2.22. The van der Waals surface area contributed by atoms with E-state index < -0.39 is 10.2 Å². The quantitative estimate of drug-likeness (QED) is 0.727. The van der Waals surface area contributed by atoms with Crippen LogP contribution in [-0.4, -0.2) is 68.5 Å². The summed E-state index contributed by atoms with van der Waals surface area (Å²) in [5, 5.41) is 3.09. The molecular formula is C10H21N3O3S. The fourth-order valence-corrected chi connectivity index (χ4v) is 3.91. The first kappa shape index (κ1) is 13.2. The van der Waals surface area contributed by atoms with E-state index >= 15 is 0 Å². The number of hydrogen-bond acceptors (Lipinski definition) is 4. The molecule has 0 saturated carbocycles. The van der Waals surface area contributed by atoms with Crippen molar-refractivity contribution in [2.24, 2.45) is 0 Å². The predicted octanol–water partition coefficient (Wildman–Crippen LogP) is -0.756. The molecule has 100 valence electrons. The topological polar surface area (TPSA) is 61.9 Å². The third-order valence-electron chi connectivity index (χ3n) is 3.35. The molecule has 7 heteroatoms. The number of nitrogens with zero attached hydrogens (tertiary/aromatic N) is 2. The molecular weight excluding hydrogens is 242 g/mol. The van der Waals surface area contributed by atoms with E-state index in [9.17, 15) is 8.42 Å². The lowest BCUT2D eigenvalue weighted by atomic mass is 10.2. The van der Waals surface area contributed by atoms with E-state index in [0.29, 0.717) is 13.1 Å². The maximum atomic E-state index is 12.4. The van der Waals surface area contributed by atoms with Crippen LogP contribution in [0, 0.1) is 0 Å². The summed E-state index contributed by atoms with van der Waals surface area (Å²) in [5.41, 5.74) is 0. The number of nitrogens with one attached hydrogen (secondary N) is 1. The van der Waals surface area contributed by atoms with E-state index in [1.807, 2.05) is 13.8 Å². The predicted molar refractivity (Wildman–Crippen MR) is 64.9 cm³/mol. The summed E-state index contributed by atoms with van der Waals surface area (Å²) in [6.07, 6.45) is -0.0807. The molecule has 0 bridgehead atoms. The molecule has 2 saturated heterocycles. The summed E-state index contributed by atoms with van der Waals surface area (Å²) in [5.74, 6) is 0. The lowest BCUT2D eigenvalue weighted by molar-refractivity contribution is -0.0457. The van der Waals surface area contributed by atoms with Gasteiger partial charge in [0, 0.05) is 33.2 Å². The fraction of sp³-hybridized carbons (Fsp3) is 1.00. The van der Waals surface area contributed by atoms with Crippen LogP contribution in [0.3, 0.4) is 0 Å². The molecule has 2 aliphatic rings. The number of ether oxygens (including phenoxy) is 1. The van der Waals surface area contributed by atoms with Gasteiger partial charge >= 0.3 is 0 Å². The van der Waals surface area contributed by atoms with Crippen molar-refractivity contribution in [2.45, 2.75) is 32.1 Å². The van der Waals surface area contributed by atoms with Crippen molar-refractivity contribution in [1.82, 2.24) is 13.9 Å². The Morgan fingerprint density at radius 3 is 2.18 bits per heavy atom. The zero-order valence-corrected chi connectivity index (χ0v) is 11.4. The van der Waals surface area contributed by atoms with Gasteiger partial charge in [-0.1, -0.05) is 0 Å². The third kappa shape index (κ3) is 2.63. The van der Waals surface area contributed by atoms with Crippen LogP contribution in [0.1, 0.15) is 13.8 Å². The molecule has 0 radical (unpaired) electrons. The molecule has 0 aromatic heterocycles. The molecule has 2 atom stereocenters. The first-order valence-corrected chi connectivity index (χ1v) is 7.40. The van der Waals surface area contributed by atoms with Crippen LogP contribution < -0.4 is 5.32 Å². The van der Waals surface area contributed by atoms with Crippen LogP contribution >= 0.6 is 0 Å². The summed E-state index contributed by atoms with van der Waals surface area (Å²) < 4.78 is 33.3. The molecule has 17 heavy (non-hydrogen) atoms. The molecule has 1 N–H and O–H groups in total. The van der Waals surface area contributed by atoms with Crippen molar-refractivity contribution in [3.63, 3.8) is 0 Å². The lowest BCUT2D eigenvalue weighted by Crippen LogP contribution is -2.61. The van der Waals surface area contributed by atoms with Gasteiger partial charge < -0.3 is 10.1 Å². The maximum Gasteiger partial charge on any atom is 0.282 e. The highest BCUT2D eigenvalue weighted by Crippen LogP contribution is 2.19. The number of rotatable bonds is 3. The molecule has 2 heterocycles. The minimum Gasteiger partial charge on any atom is -0.373 e. The minimum absolute atomic E-state index is 0.0403. The van der Waals surface area contributed by atoms with E-state index in [0.717, 1.165) is 13.1 Å². The van der Waals surface area contributed by atoms with E-state index in [1.54, 1.807) is 7.05 Å². The smallest absolute Gasteiger partial charge is 0.282 e. The van der Waals surface area contributed by atoms with Crippen molar-refractivity contribution in [3.8, 4) is 0 Å². The Kier molecular flexibility index (Phi) is 3.74.